The van der Waals surface area contributed by atoms with Crippen LogP contribution >= 0.6 is 11.8 Å². The predicted octanol–water partition coefficient (Wildman–Crippen LogP) is 5.38. The zero-order valence-corrected chi connectivity index (χ0v) is 21.2. The van der Waals surface area contributed by atoms with Crippen molar-refractivity contribution in [3.63, 3.8) is 0 Å². The van der Waals surface area contributed by atoms with E-state index in [1.807, 2.05) is 32.0 Å². The third-order valence-corrected chi connectivity index (χ3v) is 6.20. The van der Waals surface area contributed by atoms with Crippen molar-refractivity contribution in [2.45, 2.75) is 58.2 Å². The fourth-order valence-corrected chi connectivity index (χ4v) is 4.26. The largest absolute Gasteiger partial charge is 0.490 e. The first-order chi connectivity index (χ1) is 16.5. The molecule has 1 aliphatic rings. The lowest BCUT2D eigenvalue weighted by Gasteiger charge is -2.28. The number of anilines is 1. The van der Waals surface area contributed by atoms with E-state index in [0.29, 0.717) is 47.1 Å². The van der Waals surface area contributed by atoms with Gasteiger partial charge in [-0.15, -0.1) is 5.10 Å². The summed E-state index contributed by atoms with van der Waals surface area (Å²) in [6, 6.07) is 5.22. The number of rotatable bonds is 13. The number of nitrogens with zero attached hydrogens (tertiary/aromatic N) is 3. The van der Waals surface area contributed by atoms with E-state index in [4.69, 9.17) is 19.3 Å². The highest BCUT2D eigenvalue weighted by atomic mass is 32.2. The van der Waals surface area contributed by atoms with Gasteiger partial charge in [-0.25, -0.2) is 9.48 Å². The van der Waals surface area contributed by atoms with Gasteiger partial charge in [0.05, 0.1) is 18.8 Å². The lowest BCUT2D eigenvalue weighted by molar-refractivity contribution is -0.138. The minimum absolute atomic E-state index is 0.124. The molecule has 184 valence electrons. The summed E-state index contributed by atoms with van der Waals surface area (Å²) in [4.78, 5) is 17.7. The molecule has 0 fully saturated rings. The van der Waals surface area contributed by atoms with E-state index in [0.717, 1.165) is 30.6 Å². The average Bonchev–Trinajstić information content (AvgIpc) is 3.23. The Morgan fingerprint density at radius 1 is 1.24 bits per heavy atom. The number of nitrogens with one attached hydrogen (secondary N) is 1. The molecule has 1 N–H and O–H groups in total. The first-order valence-electron chi connectivity index (χ1n) is 11.8. The SMILES string of the molecule is C=CCOC(=O)C1=C(C)Nc2nc(SCCC)nn2C1c1ccc(OCCCC)c(OCC)c1. The second-order valence-electron chi connectivity index (χ2n) is 7.81. The molecular weight excluding hydrogens is 452 g/mol. The molecule has 1 atom stereocenters. The van der Waals surface area contributed by atoms with Crippen molar-refractivity contribution >= 4 is 23.7 Å². The van der Waals surface area contributed by atoms with Gasteiger partial charge >= 0.3 is 5.97 Å². The van der Waals surface area contributed by atoms with Gasteiger partial charge in [0.15, 0.2) is 11.5 Å². The van der Waals surface area contributed by atoms with Crippen LogP contribution in [0, 0.1) is 0 Å². The second-order valence-corrected chi connectivity index (χ2v) is 8.87. The van der Waals surface area contributed by atoms with Crippen LogP contribution in [0.1, 0.15) is 58.6 Å². The number of allylic oxidation sites excluding steroid dienone is 1. The maximum absolute atomic E-state index is 13.1. The fourth-order valence-electron chi connectivity index (χ4n) is 3.58. The van der Waals surface area contributed by atoms with Crippen molar-refractivity contribution in [1.82, 2.24) is 14.8 Å². The summed E-state index contributed by atoms with van der Waals surface area (Å²) in [5, 5.41) is 8.61. The summed E-state index contributed by atoms with van der Waals surface area (Å²) >= 11 is 1.59. The zero-order chi connectivity index (χ0) is 24.5. The average molecular weight is 487 g/mol. The van der Waals surface area contributed by atoms with E-state index in [1.165, 1.54) is 0 Å². The second kappa shape index (κ2) is 12.5. The molecule has 0 spiro atoms. The molecule has 1 unspecified atom stereocenters. The van der Waals surface area contributed by atoms with E-state index < -0.39 is 12.0 Å². The standard InChI is InChI=1S/C25H34N4O4S/c1-6-10-14-32-19-12-11-18(16-20(19)31-9-4)22-21(23(30)33-13-7-2)17(5)26-24-27-25(28-29(22)24)34-15-8-3/h7,11-12,16,22H,2,6,8-10,13-15H2,1,3-5H3,(H,26,27,28). The summed E-state index contributed by atoms with van der Waals surface area (Å²) < 4.78 is 19.0. The maximum Gasteiger partial charge on any atom is 0.338 e. The van der Waals surface area contributed by atoms with Crippen molar-refractivity contribution in [1.29, 1.82) is 0 Å². The number of carbonyl (C=O) groups excluding carboxylic acids is 1. The molecule has 1 aromatic heterocycles. The highest BCUT2D eigenvalue weighted by molar-refractivity contribution is 7.99. The summed E-state index contributed by atoms with van der Waals surface area (Å²) in [5.74, 6) is 2.38. The number of carbonyl (C=O) groups is 1. The molecule has 0 saturated heterocycles. The van der Waals surface area contributed by atoms with Crippen molar-refractivity contribution in [2.75, 3.05) is 30.9 Å². The van der Waals surface area contributed by atoms with Crippen LogP contribution in [0.5, 0.6) is 11.5 Å². The molecular formula is C25H34N4O4S. The number of unbranched alkanes of at least 4 members (excludes halogenated alkanes) is 1. The number of thioether (sulfide) groups is 1. The monoisotopic (exact) mass is 486 g/mol. The maximum atomic E-state index is 13.1. The molecule has 0 aliphatic carbocycles. The molecule has 0 amide bonds. The molecule has 0 bridgehead atoms. The van der Waals surface area contributed by atoms with Gasteiger partial charge in [0.1, 0.15) is 12.6 Å². The van der Waals surface area contributed by atoms with Gasteiger partial charge in [0.25, 0.3) is 0 Å². The van der Waals surface area contributed by atoms with Gasteiger partial charge in [0, 0.05) is 11.4 Å². The highest BCUT2D eigenvalue weighted by Gasteiger charge is 2.35. The van der Waals surface area contributed by atoms with E-state index in [2.05, 4.69) is 30.7 Å². The van der Waals surface area contributed by atoms with Crippen LogP contribution in [0.15, 0.2) is 47.3 Å². The van der Waals surface area contributed by atoms with E-state index >= 15 is 0 Å². The number of hydrogen-bond acceptors (Lipinski definition) is 8. The van der Waals surface area contributed by atoms with Gasteiger partial charge < -0.3 is 19.5 Å². The molecule has 2 aromatic rings. The number of fused-ring (bicyclic) bond motifs is 1. The van der Waals surface area contributed by atoms with Crippen LogP contribution in [0.4, 0.5) is 5.95 Å². The Balaban J connectivity index is 2.06. The van der Waals surface area contributed by atoms with Crippen molar-refractivity contribution < 1.29 is 19.0 Å². The van der Waals surface area contributed by atoms with Crippen LogP contribution in [0.2, 0.25) is 0 Å². The number of aromatic nitrogens is 3. The number of hydrogen-bond donors (Lipinski definition) is 1. The lowest BCUT2D eigenvalue weighted by Crippen LogP contribution is -2.29. The number of esters is 1. The molecule has 8 nitrogen and oxygen atoms in total. The summed E-state index contributed by atoms with van der Waals surface area (Å²) in [6.07, 6.45) is 4.57. The van der Waals surface area contributed by atoms with Gasteiger partial charge in [-0.05, 0) is 44.4 Å². The van der Waals surface area contributed by atoms with Gasteiger partial charge in [-0.2, -0.15) is 4.98 Å². The molecule has 2 heterocycles. The Hall–Kier alpha value is -2.94. The Morgan fingerprint density at radius 3 is 2.76 bits per heavy atom. The Morgan fingerprint density at radius 2 is 2.06 bits per heavy atom. The number of ether oxygens (including phenoxy) is 3. The molecule has 34 heavy (non-hydrogen) atoms. The first-order valence-corrected chi connectivity index (χ1v) is 12.8. The number of benzene rings is 1. The minimum atomic E-state index is -0.527. The minimum Gasteiger partial charge on any atom is -0.490 e. The molecule has 3 rings (SSSR count). The quantitative estimate of drug-likeness (QED) is 0.175. The van der Waals surface area contributed by atoms with Crippen molar-refractivity contribution in [2.24, 2.45) is 0 Å². The van der Waals surface area contributed by atoms with Gasteiger partial charge in [-0.1, -0.05) is 50.8 Å². The van der Waals surface area contributed by atoms with Gasteiger partial charge in [-0.3, -0.25) is 0 Å². The van der Waals surface area contributed by atoms with Crippen molar-refractivity contribution in [3.8, 4) is 11.5 Å². The lowest BCUT2D eigenvalue weighted by atomic mass is 9.95. The summed E-state index contributed by atoms with van der Waals surface area (Å²) in [5.41, 5.74) is 1.97. The van der Waals surface area contributed by atoms with E-state index in [1.54, 1.807) is 22.5 Å². The molecule has 1 aromatic carbocycles. The summed E-state index contributed by atoms with van der Waals surface area (Å²) in [6.45, 7) is 12.9. The predicted molar refractivity (Wildman–Crippen MR) is 135 cm³/mol. The van der Waals surface area contributed by atoms with Crippen LogP contribution in [-0.4, -0.2) is 46.3 Å². The molecule has 9 heteroatoms. The third-order valence-electron chi connectivity index (χ3n) is 5.16. The zero-order valence-electron chi connectivity index (χ0n) is 20.4. The third kappa shape index (κ3) is 5.94. The van der Waals surface area contributed by atoms with Crippen LogP contribution in [-0.2, 0) is 9.53 Å². The van der Waals surface area contributed by atoms with Crippen LogP contribution in [0.25, 0.3) is 0 Å². The molecule has 0 radical (unpaired) electrons. The Labute approximate surface area is 205 Å². The first kappa shape index (κ1) is 25.7. The summed E-state index contributed by atoms with van der Waals surface area (Å²) in [7, 11) is 0. The van der Waals surface area contributed by atoms with E-state index in [9.17, 15) is 4.79 Å². The molecule has 0 saturated carbocycles. The van der Waals surface area contributed by atoms with Crippen LogP contribution < -0.4 is 14.8 Å². The fraction of sp³-hybridized carbons (Fsp3) is 0.480. The topological polar surface area (TPSA) is 87.5 Å². The van der Waals surface area contributed by atoms with Gasteiger partial charge in [0.2, 0.25) is 11.1 Å². The van der Waals surface area contributed by atoms with E-state index in [-0.39, 0.29) is 6.61 Å². The smallest absolute Gasteiger partial charge is 0.338 e. The Kier molecular flexibility index (Phi) is 9.44. The Bertz CT molecular complexity index is 1030. The van der Waals surface area contributed by atoms with Crippen LogP contribution in [0.3, 0.4) is 0 Å². The molecule has 1 aliphatic heterocycles. The van der Waals surface area contributed by atoms with Crippen molar-refractivity contribution in [3.05, 3.63) is 47.7 Å². The normalized spacial score (nSPS) is 14.9. The highest BCUT2D eigenvalue weighted by Crippen LogP contribution is 2.40.